The van der Waals surface area contributed by atoms with Crippen molar-refractivity contribution < 1.29 is 4.79 Å². The van der Waals surface area contributed by atoms with Gasteiger partial charge in [-0.3, -0.25) is 4.79 Å². The minimum absolute atomic E-state index is 0. The Morgan fingerprint density at radius 2 is 1.80 bits per heavy atom. The van der Waals surface area contributed by atoms with E-state index in [1.54, 1.807) is 6.92 Å². The zero-order valence-corrected chi connectivity index (χ0v) is 13.3. The lowest BCUT2D eigenvalue weighted by Crippen LogP contribution is -2.51. The molecule has 5 heteroatoms. The molecular formula is C15H22Cl2N2O. The molecule has 1 aromatic rings. The van der Waals surface area contributed by atoms with Gasteiger partial charge in [0, 0.05) is 5.02 Å². The van der Waals surface area contributed by atoms with Crippen LogP contribution in [0.2, 0.25) is 5.02 Å². The van der Waals surface area contributed by atoms with E-state index in [0.29, 0.717) is 5.02 Å². The van der Waals surface area contributed by atoms with Crippen molar-refractivity contribution in [3.05, 3.63) is 34.9 Å². The van der Waals surface area contributed by atoms with Crippen LogP contribution in [0.1, 0.15) is 44.6 Å². The molecule has 1 aromatic carbocycles. The fourth-order valence-electron chi connectivity index (χ4n) is 2.76. The second kappa shape index (κ2) is 7.30. The van der Waals surface area contributed by atoms with E-state index in [2.05, 4.69) is 5.32 Å². The van der Waals surface area contributed by atoms with Gasteiger partial charge in [-0.2, -0.15) is 0 Å². The minimum Gasteiger partial charge on any atom is -0.345 e. The molecule has 0 unspecified atom stereocenters. The van der Waals surface area contributed by atoms with Crippen LogP contribution in [0.5, 0.6) is 0 Å². The van der Waals surface area contributed by atoms with Crippen LogP contribution in [0.3, 0.4) is 0 Å². The molecule has 0 bridgehead atoms. The molecule has 0 aromatic heterocycles. The average molecular weight is 317 g/mol. The lowest BCUT2D eigenvalue weighted by atomic mass is 9.76. The van der Waals surface area contributed by atoms with E-state index < -0.39 is 6.04 Å². The van der Waals surface area contributed by atoms with Gasteiger partial charge in [-0.1, -0.05) is 43.0 Å². The van der Waals surface area contributed by atoms with Crippen LogP contribution in [-0.4, -0.2) is 11.9 Å². The van der Waals surface area contributed by atoms with Gasteiger partial charge in [0.15, 0.2) is 0 Å². The molecule has 3 nitrogen and oxygen atoms in total. The standard InChI is InChI=1S/C15H21ClN2O.ClH/c1-11(17)14(19)18-15(9-3-2-4-10-15)12-5-7-13(16)8-6-12;/h5-8,11H,2-4,9-10,17H2,1H3,(H,18,19);1H/t11-;/m0./s1. The van der Waals surface area contributed by atoms with E-state index in [-0.39, 0.29) is 23.9 Å². The van der Waals surface area contributed by atoms with Crippen LogP contribution in [0.4, 0.5) is 0 Å². The molecular weight excluding hydrogens is 295 g/mol. The van der Waals surface area contributed by atoms with Crippen molar-refractivity contribution in [3.63, 3.8) is 0 Å². The molecule has 0 aliphatic heterocycles. The van der Waals surface area contributed by atoms with Crippen molar-refractivity contribution in [1.29, 1.82) is 0 Å². The minimum atomic E-state index is -0.480. The Bertz CT molecular complexity index is 440. The summed E-state index contributed by atoms with van der Waals surface area (Å²) in [6, 6.07) is 7.30. The quantitative estimate of drug-likeness (QED) is 0.898. The number of carbonyl (C=O) groups is 1. The van der Waals surface area contributed by atoms with Crippen molar-refractivity contribution in [2.75, 3.05) is 0 Å². The summed E-state index contributed by atoms with van der Waals surface area (Å²) in [6.45, 7) is 1.72. The van der Waals surface area contributed by atoms with Gasteiger partial charge >= 0.3 is 0 Å². The van der Waals surface area contributed by atoms with E-state index in [4.69, 9.17) is 17.3 Å². The lowest BCUT2D eigenvalue weighted by molar-refractivity contribution is -0.124. The zero-order valence-electron chi connectivity index (χ0n) is 11.7. The maximum Gasteiger partial charge on any atom is 0.237 e. The smallest absolute Gasteiger partial charge is 0.237 e. The first-order valence-electron chi connectivity index (χ1n) is 6.87. The number of carbonyl (C=O) groups excluding carboxylic acids is 1. The molecule has 1 aliphatic rings. The van der Waals surface area contributed by atoms with Crippen molar-refractivity contribution in [2.45, 2.75) is 50.6 Å². The average Bonchev–Trinajstić information content (AvgIpc) is 2.40. The summed E-state index contributed by atoms with van der Waals surface area (Å²) in [5.41, 5.74) is 6.54. The molecule has 0 saturated heterocycles. The Balaban J connectivity index is 0.00000200. The van der Waals surface area contributed by atoms with Gasteiger partial charge in [0.2, 0.25) is 5.91 Å². The topological polar surface area (TPSA) is 55.1 Å². The van der Waals surface area contributed by atoms with Gasteiger partial charge in [0.1, 0.15) is 0 Å². The van der Waals surface area contributed by atoms with Crippen LogP contribution >= 0.6 is 24.0 Å². The predicted octanol–water partition coefficient (Wildman–Crippen LogP) is 3.38. The number of halogens is 2. The van der Waals surface area contributed by atoms with Gasteiger partial charge < -0.3 is 11.1 Å². The van der Waals surface area contributed by atoms with Crippen molar-refractivity contribution in [1.82, 2.24) is 5.32 Å². The summed E-state index contributed by atoms with van der Waals surface area (Å²) in [5.74, 6) is -0.0863. The summed E-state index contributed by atoms with van der Waals surface area (Å²) >= 11 is 5.94. The highest BCUT2D eigenvalue weighted by molar-refractivity contribution is 6.30. The molecule has 1 amide bonds. The highest BCUT2D eigenvalue weighted by atomic mass is 35.5. The number of benzene rings is 1. The molecule has 0 heterocycles. The van der Waals surface area contributed by atoms with Gasteiger partial charge in [0.25, 0.3) is 0 Å². The first-order valence-corrected chi connectivity index (χ1v) is 7.25. The van der Waals surface area contributed by atoms with Crippen LogP contribution in [0.15, 0.2) is 24.3 Å². The van der Waals surface area contributed by atoms with Gasteiger partial charge in [-0.05, 0) is 37.5 Å². The molecule has 1 aliphatic carbocycles. The first-order chi connectivity index (χ1) is 9.03. The van der Waals surface area contributed by atoms with E-state index >= 15 is 0 Å². The number of rotatable bonds is 3. The summed E-state index contributed by atoms with van der Waals surface area (Å²) in [4.78, 5) is 12.0. The summed E-state index contributed by atoms with van der Waals surface area (Å²) in [7, 11) is 0. The van der Waals surface area contributed by atoms with Gasteiger partial charge in [0.05, 0.1) is 11.6 Å². The Labute approximate surface area is 131 Å². The van der Waals surface area contributed by atoms with Gasteiger partial charge in [-0.15, -0.1) is 12.4 Å². The number of hydrogen-bond acceptors (Lipinski definition) is 2. The van der Waals surface area contributed by atoms with Gasteiger partial charge in [-0.25, -0.2) is 0 Å². The molecule has 1 saturated carbocycles. The summed E-state index contributed by atoms with van der Waals surface area (Å²) in [5, 5.41) is 3.88. The summed E-state index contributed by atoms with van der Waals surface area (Å²) in [6.07, 6.45) is 5.41. The fraction of sp³-hybridized carbons (Fsp3) is 0.533. The number of amides is 1. The fourth-order valence-corrected chi connectivity index (χ4v) is 2.89. The molecule has 2 rings (SSSR count). The number of nitrogens with one attached hydrogen (secondary N) is 1. The number of hydrogen-bond donors (Lipinski definition) is 2. The largest absolute Gasteiger partial charge is 0.345 e. The Hall–Kier alpha value is -0.770. The van der Waals surface area contributed by atoms with E-state index in [1.807, 2.05) is 24.3 Å². The maximum absolute atomic E-state index is 12.0. The molecule has 0 radical (unpaired) electrons. The Kier molecular flexibility index (Phi) is 6.31. The molecule has 20 heavy (non-hydrogen) atoms. The van der Waals surface area contributed by atoms with E-state index in [9.17, 15) is 4.79 Å². The third-order valence-electron chi connectivity index (χ3n) is 3.88. The van der Waals surface area contributed by atoms with E-state index in [1.165, 1.54) is 6.42 Å². The zero-order chi connectivity index (χ0) is 13.9. The normalized spacial score (nSPS) is 18.8. The lowest BCUT2D eigenvalue weighted by Gasteiger charge is -2.39. The second-order valence-electron chi connectivity index (χ2n) is 5.43. The van der Waals surface area contributed by atoms with Crippen LogP contribution in [0.25, 0.3) is 0 Å². The highest BCUT2D eigenvalue weighted by Crippen LogP contribution is 2.37. The molecule has 1 fully saturated rings. The summed E-state index contributed by atoms with van der Waals surface area (Å²) < 4.78 is 0. The van der Waals surface area contributed by atoms with Crippen molar-refractivity contribution in [3.8, 4) is 0 Å². The molecule has 3 N–H and O–H groups in total. The molecule has 112 valence electrons. The van der Waals surface area contributed by atoms with Crippen molar-refractivity contribution in [2.24, 2.45) is 5.73 Å². The predicted molar refractivity (Wildman–Crippen MR) is 85.3 cm³/mol. The number of nitrogens with two attached hydrogens (primary N) is 1. The molecule has 1 atom stereocenters. The molecule has 0 spiro atoms. The monoisotopic (exact) mass is 316 g/mol. The Morgan fingerprint density at radius 1 is 1.25 bits per heavy atom. The first kappa shape index (κ1) is 17.3. The van der Waals surface area contributed by atoms with Crippen LogP contribution in [0, 0.1) is 0 Å². The maximum atomic E-state index is 12.0. The third-order valence-corrected chi connectivity index (χ3v) is 4.13. The second-order valence-corrected chi connectivity index (χ2v) is 5.86. The van der Waals surface area contributed by atoms with E-state index in [0.717, 1.165) is 31.2 Å². The third kappa shape index (κ3) is 3.87. The SMILES string of the molecule is C[C@H](N)C(=O)NC1(c2ccc(Cl)cc2)CCCCC1.Cl. The van der Waals surface area contributed by atoms with Crippen molar-refractivity contribution >= 4 is 29.9 Å². The van der Waals surface area contributed by atoms with Crippen LogP contribution < -0.4 is 11.1 Å². The highest BCUT2D eigenvalue weighted by Gasteiger charge is 2.35. The van der Waals surface area contributed by atoms with Crippen LogP contribution in [-0.2, 0) is 10.3 Å². The Morgan fingerprint density at radius 3 is 2.30 bits per heavy atom.